The summed E-state index contributed by atoms with van der Waals surface area (Å²) in [4.78, 5) is 23.4. The summed E-state index contributed by atoms with van der Waals surface area (Å²) in [6.07, 6.45) is 0. The van der Waals surface area contributed by atoms with Gasteiger partial charge in [-0.15, -0.1) is 0 Å². The molecule has 20 heavy (non-hydrogen) atoms. The van der Waals surface area contributed by atoms with Crippen molar-refractivity contribution in [3.8, 4) is 0 Å². The van der Waals surface area contributed by atoms with Crippen molar-refractivity contribution >= 4 is 17.5 Å². The quantitative estimate of drug-likeness (QED) is 0.705. The van der Waals surface area contributed by atoms with Gasteiger partial charge < -0.3 is 16.0 Å². The maximum Gasteiger partial charge on any atom is 0.242 e. The molecule has 0 aliphatic rings. The number of amides is 2. The van der Waals surface area contributed by atoms with Crippen LogP contribution in [-0.2, 0) is 9.59 Å². The van der Waals surface area contributed by atoms with Crippen molar-refractivity contribution in [2.45, 2.75) is 26.8 Å². The third-order valence-corrected chi connectivity index (χ3v) is 2.68. The fraction of sp³-hybridized carbons (Fsp3) is 0.467. The molecule has 0 bridgehead atoms. The second-order valence-electron chi connectivity index (χ2n) is 5.15. The lowest BCUT2D eigenvalue weighted by Gasteiger charge is -2.15. The second-order valence-corrected chi connectivity index (χ2v) is 5.15. The van der Waals surface area contributed by atoms with Crippen LogP contribution in [0.25, 0.3) is 0 Å². The van der Waals surface area contributed by atoms with E-state index < -0.39 is 6.04 Å². The first-order chi connectivity index (χ1) is 9.49. The molecule has 5 nitrogen and oxygen atoms in total. The number of hydrogen-bond donors (Lipinski definition) is 3. The summed E-state index contributed by atoms with van der Waals surface area (Å²) in [6.45, 7) is 6.48. The number of carbonyl (C=O) groups excluding carboxylic acids is 2. The van der Waals surface area contributed by atoms with Crippen molar-refractivity contribution in [2.24, 2.45) is 5.92 Å². The van der Waals surface area contributed by atoms with Crippen LogP contribution in [0.1, 0.15) is 20.8 Å². The van der Waals surface area contributed by atoms with Crippen LogP contribution in [0, 0.1) is 5.92 Å². The van der Waals surface area contributed by atoms with Crippen molar-refractivity contribution in [1.29, 1.82) is 0 Å². The van der Waals surface area contributed by atoms with Gasteiger partial charge in [0.15, 0.2) is 0 Å². The Bertz CT molecular complexity index is 432. The molecule has 0 saturated carbocycles. The Balaban J connectivity index is 2.29. The highest BCUT2D eigenvalue weighted by Crippen LogP contribution is 2.03. The molecule has 3 N–H and O–H groups in total. The van der Waals surface area contributed by atoms with Crippen LogP contribution < -0.4 is 16.0 Å². The lowest BCUT2D eigenvalue weighted by atomic mass is 10.2. The number of para-hydroxylation sites is 1. The number of benzene rings is 1. The largest absolute Gasteiger partial charge is 0.376 e. The summed E-state index contributed by atoms with van der Waals surface area (Å²) in [5, 5.41) is 8.44. The van der Waals surface area contributed by atoms with E-state index in [0.29, 0.717) is 12.5 Å². The average molecular weight is 277 g/mol. The average Bonchev–Trinajstić information content (AvgIpc) is 2.43. The zero-order chi connectivity index (χ0) is 15.0. The zero-order valence-corrected chi connectivity index (χ0v) is 12.3. The molecule has 1 rings (SSSR count). The highest BCUT2D eigenvalue weighted by molar-refractivity contribution is 5.88. The van der Waals surface area contributed by atoms with Gasteiger partial charge in [-0.3, -0.25) is 9.59 Å². The second kappa shape index (κ2) is 8.19. The number of anilines is 1. The molecule has 0 aliphatic heterocycles. The van der Waals surface area contributed by atoms with E-state index in [2.05, 4.69) is 16.0 Å². The van der Waals surface area contributed by atoms with Gasteiger partial charge in [0, 0.05) is 12.2 Å². The van der Waals surface area contributed by atoms with Crippen molar-refractivity contribution in [1.82, 2.24) is 10.6 Å². The molecular formula is C15H23N3O2. The predicted molar refractivity (Wildman–Crippen MR) is 80.4 cm³/mol. The van der Waals surface area contributed by atoms with Crippen molar-refractivity contribution in [2.75, 3.05) is 18.4 Å². The SMILES string of the molecule is CC(C)CNC(=O)C(C)NC(=O)CNc1ccccc1. The normalized spacial score (nSPS) is 11.8. The van der Waals surface area contributed by atoms with Crippen LogP contribution >= 0.6 is 0 Å². The molecule has 1 aromatic carbocycles. The molecule has 0 heterocycles. The minimum atomic E-state index is -0.529. The topological polar surface area (TPSA) is 70.2 Å². The van der Waals surface area contributed by atoms with E-state index in [0.717, 1.165) is 5.69 Å². The molecule has 0 fully saturated rings. The van der Waals surface area contributed by atoms with Crippen molar-refractivity contribution < 1.29 is 9.59 Å². The number of carbonyl (C=O) groups is 2. The van der Waals surface area contributed by atoms with E-state index >= 15 is 0 Å². The lowest BCUT2D eigenvalue weighted by Crippen LogP contribution is -2.47. The van der Waals surface area contributed by atoms with E-state index in [1.165, 1.54) is 0 Å². The summed E-state index contributed by atoms with van der Waals surface area (Å²) >= 11 is 0. The van der Waals surface area contributed by atoms with Gasteiger partial charge in [-0.2, -0.15) is 0 Å². The predicted octanol–water partition coefficient (Wildman–Crippen LogP) is 1.38. The Morgan fingerprint density at radius 3 is 2.35 bits per heavy atom. The molecule has 1 aromatic rings. The van der Waals surface area contributed by atoms with Gasteiger partial charge in [0.25, 0.3) is 0 Å². The molecule has 5 heteroatoms. The van der Waals surface area contributed by atoms with Gasteiger partial charge in [-0.1, -0.05) is 32.0 Å². The van der Waals surface area contributed by atoms with Gasteiger partial charge in [0.2, 0.25) is 11.8 Å². The summed E-state index contributed by atoms with van der Waals surface area (Å²) in [5.41, 5.74) is 0.875. The molecule has 0 radical (unpaired) electrons. The Hall–Kier alpha value is -2.04. The molecule has 0 aliphatic carbocycles. The minimum Gasteiger partial charge on any atom is -0.376 e. The smallest absolute Gasteiger partial charge is 0.242 e. The molecule has 0 spiro atoms. The Morgan fingerprint density at radius 1 is 1.10 bits per heavy atom. The molecule has 110 valence electrons. The summed E-state index contributed by atoms with van der Waals surface area (Å²) < 4.78 is 0. The number of hydrogen-bond acceptors (Lipinski definition) is 3. The van der Waals surface area contributed by atoms with E-state index in [4.69, 9.17) is 0 Å². The van der Waals surface area contributed by atoms with Crippen LogP contribution in [0.3, 0.4) is 0 Å². The van der Waals surface area contributed by atoms with Crippen LogP contribution in [0.5, 0.6) is 0 Å². The third-order valence-electron chi connectivity index (χ3n) is 2.68. The minimum absolute atomic E-state index is 0.145. The van der Waals surface area contributed by atoms with Gasteiger partial charge in [0.05, 0.1) is 6.54 Å². The first-order valence-electron chi connectivity index (χ1n) is 6.85. The lowest BCUT2D eigenvalue weighted by molar-refractivity contribution is -0.127. The standard InChI is InChI=1S/C15H23N3O2/c1-11(2)9-17-15(20)12(3)18-14(19)10-16-13-7-5-4-6-8-13/h4-8,11-12,16H,9-10H2,1-3H3,(H,17,20)(H,18,19). The molecule has 0 saturated heterocycles. The first-order valence-corrected chi connectivity index (χ1v) is 6.85. The van der Waals surface area contributed by atoms with Crippen molar-refractivity contribution in [3.63, 3.8) is 0 Å². The number of rotatable bonds is 7. The summed E-state index contributed by atoms with van der Waals surface area (Å²) in [5.74, 6) is 0.0226. The van der Waals surface area contributed by atoms with Crippen LogP contribution in [0.2, 0.25) is 0 Å². The van der Waals surface area contributed by atoms with E-state index in [1.54, 1.807) is 6.92 Å². The Kier molecular flexibility index (Phi) is 6.56. The monoisotopic (exact) mass is 277 g/mol. The number of nitrogens with one attached hydrogen (secondary N) is 3. The molecule has 1 unspecified atom stereocenters. The van der Waals surface area contributed by atoms with Gasteiger partial charge >= 0.3 is 0 Å². The highest BCUT2D eigenvalue weighted by Gasteiger charge is 2.15. The first kappa shape index (κ1) is 16.0. The molecule has 2 amide bonds. The maximum absolute atomic E-state index is 11.7. The molecule has 1 atom stereocenters. The van der Waals surface area contributed by atoms with Crippen LogP contribution in [-0.4, -0.2) is 30.9 Å². The van der Waals surface area contributed by atoms with Gasteiger partial charge in [0.1, 0.15) is 6.04 Å². The Labute approximate surface area is 120 Å². The van der Waals surface area contributed by atoms with E-state index in [9.17, 15) is 9.59 Å². The van der Waals surface area contributed by atoms with Gasteiger partial charge in [-0.25, -0.2) is 0 Å². The fourth-order valence-electron chi connectivity index (χ4n) is 1.55. The van der Waals surface area contributed by atoms with Gasteiger partial charge in [-0.05, 0) is 25.0 Å². The van der Waals surface area contributed by atoms with E-state index in [1.807, 2.05) is 44.2 Å². The zero-order valence-electron chi connectivity index (χ0n) is 12.3. The van der Waals surface area contributed by atoms with Crippen LogP contribution in [0.4, 0.5) is 5.69 Å². The Morgan fingerprint density at radius 2 is 1.75 bits per heavy atom. The molecular weight excluding hydrogens is 254 g/mol. The van der Waals surface area contributed by atoms with Crippen molar-refractivity contribution in [3.05, 3.63) is 30.3 Å². The van der Waals surface area contributed by atoms with Crippen LogP contribution in [0.15, 0.2) is 30.3 Å². The highest BCUT2D eigenvalue weighted by atomic mass is 16.2. The summed E-state index contributed by atoms with van der Waals surface area (Å²) in [6, 6.07) is 8.92. The van der Waals surface area contributed by atoms with E-state index in [-0.39, 0.29) is 18.4 Å². The summed E-state index contributed by atoms with van der Waals surface area (Å²) in [7, 11) is 0. The fourth-order valence-corrected chi connectivity index (χ4v) is 1.55. The third kappa shape index (κ3) is 6.22. The maximum atomic E-state index is 11.7. The molecule has 0 aromatic heterocycles.